The van der Waals surface area contributed by atoms with Crippen molar-refractivity contribution < 1.29 is 4.74 Å². The summed E-state index contributed by atoms with van der Waals surface area (Å²) in [5.41, 5.74) is 1.07. The van der Waals surface area contributed by atoms with Crippen molar-refractivity contribution in [2.24, 2.45) is 5.92 Å². The highest BCUT2D eigenvalue weighted by atomic mass is 16.5. The Morgan fingerprint density at radius 2 is 2.35 bits per heavy atom. The minimum absolute atomic E-state index is 0.734. The van der Waals surface area contributed by atoms with Crippen LogP contribution in [0.15, 0.2) is 6.20 Å². The molecule has 1 unspecified atom stereocenters. The van der Waals surface area contributed by atoms with Crippen LogP contribution in [-0.4, -0.2) is 54.8 Å². The zero-order valence-electron chi connectivity index (χ0n) is 13.1. The molecule has 0 aromatic carbocycles. The van der Waals surface area contributed by atoms with Gasteiger partial charge in [-0.2, -0.15) is 0 Å². The Morgan fingerprint density at radius 1 is 1.50 bits per heavy atom. The van der Waals surface area contributed by atoms with Crippen LogP contribution in [0.1, 0.15) is 25.0 Å². The van der Waals surface area contributed by atoms with Crippen molar-refractivity contribution in [1.29, 1.82) is 0 Å². The lowest BCUT2D eigenvalue weighted by Gasteiger charge is -2.29. The normalized spacial score (nSPS) is 20.2. The second kappa shape index (κ2) is 7.64. The minimum Gasteiger partial charge on any atom is -0.385 e. The van der Waals surface area contributed by atoms with Crippen molar-refractivity contribution in [2.45, 2.75) is 32.7 Å². The molecule has 5 nitrogen and oxygen atoms in total. The summed E-state index contributed by atoms with van der Waals surface area (Å²) >= 11 is 0. The predicted molar refractivity (Wildman–Crippen MR) is 82.2 cm³/mol. The van der Waals surface area contributed by atoms with Gasteiger partial charge in [-0.3, -0.25) is 0 Å². The van der Waals surface area contributed by atoms with E-state index < -0.39 is 0 Å². The fourth-order valence-corrected chi connectivity index (χ4v) is 2.91. The summed E-state index contributed by atoms with van der Waals surface area (Å²) in [6.45, 7) is 7.25. The number of nitrogens with zero attached hydrogens (tertiary/aromatic N) is 3. The molecule has 20 heavy (non-hydrogen) atoms. The molecule has 1 saturated heterocycles. The number of aryl methyl sites for hydroxylation is 2. The van der Waals surface area contributed by atoms with E-state index in [1.54, 1.807) is 7.11 Å². The molecule has 2 heterocycles. The molecular formula is C15H28N4O. The summed E-state index contributed by atoms with van der Waals surface area (Å²) in [6, 6.07) is 0. The monoisotopic (exact) mass is 280 g/mol. The van der Waals surface area contributed by atoms with E-state index in [1.165, 1.54) is 25.9 Å². The summed E-state index contributed by atoms with van der Waals surface area (Å²) in [7, 11) is 3.96. The average molecular weight is 280 g/mol. The Bertz CT molecular complexity index is 405. The van der Waals surface area contributed by atoms with E-state index in [4.69, 9.17) is 4.74 Å². The van der Waals surface area contributed by atoms with Crippen LogP contribution in [0.4, 0.5) is 5.95 Å². The standard InChI is InChI=1S/C15H28N4O/c1-13-11-19(8-5-9-20-3)15(17-13)16-10-14-6-4-7-18(2)12-14/h11,14H,4-10,12H2,1-3H3,(H,16,17). The van der Waals surface area contributed by atoms with Gasteiger partial charge in [0.2, 0.25) is 5.95 Å². The first kappa shape index (κ1) is 15.3. The molecule has 1 N–H and O–H groups in total. The number of nitrogens with one attached hydrogen (secondary N) is 1. The van der Waals surface area contributed by atoms with Crippen molar-refractivity contribution in [3.05, 3.63) is 11.9 Å². The lowest BCUT2D eigenvalue weighted by molar-refractivity contribution is 0.190. The van der Waals surface area contributed by atoms with Gasteiger partial charge in [-0.05, 0) is 45.7 Å². The number of piperidine rings is 1. The van der Waals surface area contributed by atoms with Crippen molar-refractivity contribution in [3.63, 3.8) is 0 Å². The SMILES string of the molecule is COCCCn1cc(C)nc1NCC1CCCN(C)C1. The van der Waals surface area contributed by atoms with Gasteiger partial charge in [0, 0.05) is 39.5 Å². The third-order valence-electron chi connectivity index (χ3n) is 3.92. The summed E-state index contributed by atoms with van der Waals surface area (Å²) in [6.07, 6.45) is 5.77. The van der Waals surface area contributed by atoms with Crippen molar-refractivity contribution in [3.8, 4) is 0 Å². The Labute approximate surface area is 122 Å². The van der Waals surface area contributed by atoms with Crippen LogP contribution in [0.5, 0.6) is 0 Å². The second-order valence-corrected chi connectivity index (χ2v) is 5.90. The highest BCUT2D eigenvalue weighted by molar-refractivity contribution is 5.28. The van der Waals surface area contributed by atoms with Crippen molar-refractivity contribution >= 4 is 5.95 Å². The summed E-state index contributed by atoms with van der Waals surface area (Å²) in [5, 5.41) is 3.54. The van der Waals surface area contributed by atoms with Gasteiger partial charge in [0.1, 0.15) is 0 Å². The Morgan fingerprint density at radius 3 is 3.10 bits per heavy atom. The smallest absolute Gasteiger partial charge is 0.203 e. The lowest BCUT2D eigenvalue weighted by Crippen LogP contribution is -2.35. The fraction of sp³-hybridized carbons (Fsp3) is 0.800. The van der Waals surface area contributed by atoms with Gasteiger partial charge < -0.3 is 19.5 Å². The number of hydrogen-bond acceptors (Lipinski definition) is 4. The quantitative estimate of drug-likeness (QED) is 0.776. The highest BCUT2D eigenvalue weighted by Crippen LogP contribution is 2.16. The maximum atomic E-state index is 5.12. The second-order valence-electron chi connectivity index (χ2n) is 5.90. The summed E-state index contributed by atoms with van der Waals surface area (Å²) in [5.74, 6) is 1.74. The van der Waals surface area contributed by atoms with E-state index in [0.29, 0.717) is 0 Å². The number of hydrogen-bond donors (Lipinski definition) is 1. The molecule has 0 radical (unpaired) electrons. The highest BCUT2D eigenvalue weighted by Gasteiger charge is 2.17. The first-order valence-corrected chi connectivity index (χ1v) is 7.64. The van der Waals surface area contributed by atoms with E-state index in [-0.39, 0.29) is 0 Å². The van der Waals surface area contributed by atoms with Gasteiger partial charge in [0.25, 0.3) is 0 Å². The van der Waals surface area contributed by atoms with Gasteiger partial charge in [-0.1, -0.05) is 0 Å². The summed E-state index contributed by atoms with van der Waals surface area (Å²) in [4.78, 5) is 7.01. The molecule has 1 aliphatic heterocycles. The molecule has 0 aliphatic carbocycles. The molecule has 0 saturated carbocycles. The molecule has 1 aromatic rings. The van der Waals surface area contributed by atoms with Crippen LogP contribution in [0, 0.1) is 12.8 Å². The number of rotatable bonds is 7. The molecule has 0 amide bonds. The van der Waals surface area contributed by atoms with Crippen molar-refractivity contribution in [1.82, 2.24) is 14.5 Å². The fourth-order valence-electron chi connectivity index (χ4n) is 2.91. The zero-order chi connectivity index (χ0) is 14.4. The number of likely N-dealkylation sites (tertiary alicyclic amines) is 1. The van der Waals surface area contributed by atoms with E-state index >= 15 is 0 Å². The Balaban J connectivity index is 1.84. The van der Waals surface area contributed by atoms with Crippen molar-refractivity contribution in [2.75, 3.05) is 45.7 Å². The minimum atomic E-state index is 0.734. The maximum Gasteiger partial charge on any atom is 0.203 e. The summed E-state index contributed by atoms with van der Waals surface area (Å²) < 4.78 is 7.33. The average Bonchev–Trinajstić information content (AvgIpc) is 2.77. The third kappa shape index (κ3) is 4.49. The molecule has 1 aliphatic rings. The van der Waals surface area contributed by atoms with E-state index in [0.717, 1.165) is 43.7 Å². The number of ether oxygens (including phenoxy) is 1. The number of methoxy groups -OCH3 is 1. The van der Waals surface area contributed by atoms with Gasteiger partial charge >= 0.3 is 0 Å². The third-order valence-corrected chi connectivity index (χ3v) is 3.92. The van der Waals surface area contributed by atoms with Gasteiger partial charge in [-0.15, -0.1) is 0 Å². The van der Waals surface area contributed by atoms with E-state index in [2.05, 4.69) is 33.0 Å². The molecular weight excluding hydrogens is 252 g/mol. The van der Waals surface area contributed by atoms with Crippen LogP contribution in [0.25, 0.3) is 0 Å². The Hall–Kier alpha value is -1.07. The maximum absolute atomic E-state index is 5.12. The van der Waals surface area contributed by atoms with E-state index in [1.807, 2.05) is 6.92 Å². The molecule has 1 aromatic heterocycles. The lowest BCUT2D eigenvalue weighted by atomic mass is 9.99. The number of imidazole rings is 1. The van der Waals surface area contributed by atoms with E-state index in [9.17, 15) is 0 Å². The van der Waals surface area contributed by atoms with Crippen LogP contribution in [-0.2, 0) is 11.3 Å². The molecule has 2 rings (SSSR count). The van der Waals surface area contributed by atoms with Crippen LogP contribution >= 0.6 is 0 Å². The molecule has 0 spiro atoms. The molecule has 0 bridgehead atoms. The van der Waals surface area contributed by atoms with Gasteiger partial charge in [0.05, 0.1) is 5.69 Å². The first-order valence-electron chi connectivity index (χ1n) is 7.64. The molecule has 5 heteroatoms. The molecule has 114 valence electrons. The zero-order valence-corrected chi connectivity index (χ0v) is 13.1. The molecule has 1 atom stereocenters. The Kier molecular flexibility index (Phi) is 5.86. The van der Waals surface area contributed by atoms with Gasteiger partial charge in [-0.25, -0.2) is 4.98 Å². The van der Waals surface area contributed by atoms with Crippen LogP contribution < -0.4 is 5.32 Å². The topological polar surface area (TPSA) is 42.3 Å². The largest absolute Gasteiger partial charge is 0.385 e. The molecule has 1 fully saturated rings. The predicted octanol–water partition coefficient (Wildman–Crippen LogP) is 1.98. The van der Waals surface area contributed by atoms with Crippen LogP contribution in [0.2, 0.25) is 0 Å². The first-order chi connectivity index (χ1) is 9.69. The number of aromatic nitrogens is 2. The van der Waals surface area contributed by atoms with Crippen LogP contribution in [0.3, 0.4) is 0 Å². The number of anilines is 1. The van der Waals surface area contributed by atoms with Gasteiger partial charge in [0.15, 0.2) is 0 Å².